The summed E-state index contributed by atoms with van der Waals surface area (Å²) in [4.78, 5) is 48.0. The quantitative estimate of drug-likeness (QED) is 0.256. The maximum atomic E-state index is 12.2. The molecule has 1 saturated heterocycles. The third-order valence-electron chi connectivity index (χ3n) is 3.88. The summed E-state index contributed by atoms with van der Waals surface area (Å²) in [6.45, 7) is 0.411. The van der Waals surface area contributed by atoms with Crippen LogP contribution in [0.3, 0.4) is 0 Å². The molecule has 1 aliphatic heterocycles. The lowest BCUT2D eigenvalue weighted by Crippen LogP contribution is -2.55. The van der Waals surface area contributed by atoms with Crippen molar-refractivity contribution in [3.63, 3.8) is 0 Å². The SMILES string of the molecule is CC(O)C(N)C(=O)N1CCCC1C(=O)NCC(=O)NC(CO)C(=O)O. The van der Waals surface area contributed by atoms with Crippen molar-refractivity contribution in [2.45, 2.75) is 44.0 Å². The van der Waals surface area contributed by atoms with E-state index in [0.29, 0.717) is 19.4 Å². The molecule has 11 heteroatoms. The van der Waals surface area contributed by atoms with Crippen LogP contribution in [0, 0.1) is 0 Å². The Balaban J connectivity index is 2.57. The Kier molecular flexibility index (Phi) is 7.74. The van der Waals surface area contributed by atoms with E-state index in [0.717, 1.165) is 0 Å². The number of nitrogens with zero attached hydrogens (tertiary/aromatic N) is 1. The maximum Gasteiger partial charge on any atom is 0.328 e. The van der Waals surface area contributed by atoms with Gasteiger partial charge in [0, 0.05) is 6.54 Å². The van der Waals surface area contributed by atoms with Crippen LogP contribution < -0.4 is 16.4 Å². The lowest BCUT2D eigenvalue weighted by atomic mass is 10.1. The molecule has 0 aromatic rings. The zero-order valence-corrected chi connectivity index (χ0v) is 13.8. The number of carbonyl (C=O) groups is 4. The van der Waals surface area contributed by atoms with Crippen LogP contribution in [0.5, 0.6) is 0 Å². The second-order valence-electron chi connectivity index (χ2n) is 5.81. The molecule has 3 amide bonds. The highest BCUT2D eigenvalue weighted by molar-refractivity contribution is 5.93. The topological polar surface area (TPSA) is 182 Å². The Morgan fingerprint density at radius 3 is 2.48 bits per heavy atom. The number of hydrogen-bond acceptors (Lipinski definition) is 7. The summed E-state index contributed by atoms with van der Waals surface area (Å²) >= 11 is 0. The van der Waals surface area contributed by atoms with Crippen molar-refractivity contribution in [1.82, 2.24) is 15.5 Å². The first kappa shape index (κ1) is 20.8. The predicted molar refractivity (Wildman–Crippen MR) is 84.1 cm³/mol. The van der Waals surface area contributed by atoms with E-state index in [-0.39, 0.29) is 0 Å². The average molecular weight is 360 g/mol. The zero-order chi connectivity index (χ0) is 19.1. The summed E-state index contributed by atoms with van der Waals surface area (Å²) < 4.78 is 0. The molecule has 7 N–H and O–H groups in total. The van der Waals surface area contributed by atoms with Gasteiger partial charge >= 0.3 is 5.97 Å². The number of carboxylic acids is 1. The second-order valence-corrected chi connectivity index (χ2v) is 5.81. The van der Waals surface area contributed by atoms with Gasteiger partial charge in [-0.3, -0.25) is 14.4 Å². The molecule has 0 aliphatic carbocycles. The molecule has 1 heterocycles. The molecule has 0 aromatic carbocycles. The van der Waals surface area contributed by atoms with Gasteiger partial charge in [-0.25, -0.2) is 4.79 Å². The van der Waals surface area contributed by atoms with Gasteiger partial charge in [-0.05, 0) is 19.8 Å². The van der Waals surface area contributed by atoms with Crippen LogP contribution in [0.4, 0.5) is 0 Å². The Morgan fingerprint density at radius 2 is 1.96 bits per heavy atom. The van der Waals surface area contributed by atoms with Crippen LogP contribution in [-0.2, 0) is 19.2 Å². The number of nitrogens with one attached hydrogen (secondary N) is 2. The van der Waals surface area contributed by atoms with E-state index in [9.17, 15) is 24.3 Å². The van der Waals surface area contributed by atoms with E-state index in [1.807, 2.05) is 5.32 Å². The third kappa shape index (κ3) is 5.66. The van der Waals surface area contributed by atoms with Crippen LogP contribution >= 0.6 is 0 Å². The van der Waals surface area contributed by atoms with Crippen LogP contribution in [-0.4, -0.2) is 87.8 Å². The molecule has 4 atom stereocenters. The van der Waals surface area contributed by atoms with E-state index in [4.69, 9.17) is 15.9 Å². The fourth-order valence-corrected chi connectivity index (χ4v) is 2.42. The molecule has 0 saturated carbocycles. The molecular weight excluding hydrogens is 336 g/mol. The van der Waals surface area contributed by atoms with Crippen LogP contribution in [0.25, 0.3) is 0 Å². The fraction of sp³-hybridized carbons (Fsp3) is 0.714. The number of aliphatic carboxylic acids is 1. The van der Waals surface area contributed by atoms with Crippen molar-refractivity contribution in [3.05, 3.63) is 0 Å². The number of likely N-dealkylation sites (tertiary alicyclic amines) is 1. The van der Waals surface area contributed by atoms with Gasteiger partial charge in [-0.15, -0.1) is 0 Å². The van der Waals surface area contributed by atoms with Gasteiger partial charge in [0.1, 0.15) is 18.1 Å². The number of amides is 3. The van der Waals surface area contributed by atoms with Gasteiger partial charge < -0.3 is 36.6 Å². The summed E-state index contributed by atoms with van der Waals surface area (Å²) in [5.74, 6) is -3.31. The standard InChI is InChI=1S/C14H24N4O7/c1-7(20)11(15)13(23)18-4-2-3-9(18)12(22)16-5-10(21)17-8(6-19)14(24)25/h7-9,11,19-20H,2-6,15H2,1H3,(H,16,22)(H,17,21)(H,24,25). The van der Waals surface area contributed by atoms with Crippen molar-refractivity contribution >= 4 is 23.7 Å². The summed E-state index contributed by atoms with van der Waals surface area (Å²) in [7, 11) is 0. The number of carbonyl (C=O) groups excluding carboxylic acids is 3. The maximum absolute atomic E-state index is 12.2. The monoisotopic (exact) mass is 360 g/mol. The third-order valence-corrected chi connectivity index (χ3v) is 3.88. The number of aliphatic hydroxyl groups is 2. The summed E-state index contributed by atoms with van der Waals surface area (Å²) in [5.41, 5.74) is 5.61. The van der Waals surface area contributed by atoms with Gasteiger partial charge in [0.05, 0.1) is 19.3 Å². The average Bonchev–Trinajstić information content (AvgIpc) is 3.05. The minimum absolute atomic E-state index is 0.315. The minimum atomic E-state index is -1.46. The van der Waals surface area contributed by atoms with Crippen molar-refractivity contribution in [1.29, 1.82) is 0 Å². The molecule has 25 heavy (non-hydrogen) atoms. The zero-order valence-electron chi connectivity index (χ0n) is 13.8. The van der Waals surface area contributed by atoms with E-state index >= 15 is 0 Å². The van der Waals surface area contributed by atoms with E-state index in [1.54, 1.807) is 0 Å². The molecule has 4 unspecified atom stereocenters. The van der Waals surface area contributed by atoms with Gasteiger partial charge in [-0.2, -0.15) is 0 Å². The van der Waals surface area contributed by atoms with Gasteiger partial charge in [0.15, 0.2) is 0 Å². The molecule has 1 rings (SSSR count). The molecule has 142 valence electrons. The Labute approximate surface area is 144 Å². The molecule has 11 nitrogen and oxygen atoms in total. The molecule has 0 spiro atoms. The van der Waals surface area contributed by atoms with Crippen LogP contribution in [0.15, 0.2) is 0 Å². The smallest absolute Gasteiger partial charge is 0.328 e. The number of nitrogens with two attached hydrogens (primary N) is 1. The highest BCUT2D eigenvalue weighted by Gasteiger charge is 2.37. The lowest BCUT2D eigenvalue weighted by molar-refractivity contribution is -0.143. The first-order valence-corrected chi connectivity index (χ1v) is 7.83. The normalized spacial score (nSPS) is 20.5. The molecule has 0 bridgehead atoms. The number of hydrogen-bond donors (Lipinski definition) is 6. The molecule has 0 radical (unpaired) electrons. The van der Waals surface area contributed by atoms with Crippen molar-refractivity contribution in [2.24, 2.45) is 5.73 Å². The summed E-state index contributed by atoms with van der Waals surface area (Å²) in [6, 6.07) is -3.41. The second kappa shape index (κ2) is 9.30. The van der Waals surface area contributed by atoms with E-state index < -0.39 is 61.1 Å². The van der Waals surface area contributed by atoms with Crippen molar-refractivity contribution in [3.8, 4) is 0 Å². The summed E-state index contributed by atoms with van der Waals surface area (Å²) in [6.07, 6.45) is -0.0946. The van der Waals surface area contributed by atoms with E-state index in [1.165, 1.54) is 11.8 Å². The highest BCUT2D eigenvalue weighted by atomic mass is 16.4. The number of aliphatic hydroxyl groups excluding tert-OH is 2. The molecular formula is C14H24N4O7. The highest BCUT2D eigenvalue weighted by Crippen LogP contribution is 2.18. The summed E-state index contributed by atoms with van der Waals surface area (Å²) in [5, 5.41) is 31.3. The van der Waals surface area contributed by atoms with Gasteiger partial charge in [0.2, 0.25) is 17.7 Å². The molecule has 1 fully saturated rings. The Hall–Kier alpha value is -2.24. The first-order chi connectivity index (χ1) is 11.7. The number of carboxylic acid groups (broad SMARTS) is 1. The molecule has 0 aromatic heterocycles. The van der Waals surface area contributed by atoms with Crippen molar-refractivity contribution < 1.29 is 34.5 Å². The van der Waals surface area contributed by atoms with Gasteiger partial charge in [0.25, 0.3) is 0 Å². The predicted octanol–water partition coefficient (Wildman–Crippen LogP) is -3.64. The largest absolute Gasteiger partial charge is 0.480 e. The first-order valence-electron chi connectivity index (χ1n) is 7.83. The minimum Gasteiger partial charge on any atom is -0.480 e. The number of rotatable bonds is 8. The molecule has 1 aliphatic rings. The van der Waals surface area contributed by atoms with Crippen molar-refractivity contribution in [2.75, 3.05) is 19.7 Å². The van der Waals surface area contributed by atoms with Gasteiger partial charge in [-0.1, -0.05) is 0 Å². The van der Waals surface area contributed by atoms with E-state index in [2.05, 4.69) is 5.32 Å². The Morgan fingerprint density at radius 1 is 1.32 bits per heavy atom. The van der Waals surface area contributed by atoms with Crippen LogP contribution in [0.2, 0.25) is 0 Å². The Bertz CT molecular complexity index is 525. The van der Waals surface area contributed by atoms with Crippen LogP contribution in [0.1, 0.15) is 19.8 Å². The fourth-order valence-electron chi connectivity index (χ4n) is 2.42. The lowest BCUT2D eigenvalue weighted by Gasteiger charge is -2.27.